The number of rotatable bonds is 0. The predicted molar refractivity (Wildman–Crippen MR) is 43.3 cm³/mol. The zero-order valence-electron chi connectivity index (χ0n) is 7.55. The molecule has 2 bridgehead atoms. The fraction of sp³-hybridized carbons (Fsp3) is 1.00. The molecule has 0 radical (unpaired) electrons. The molecule has 4 aliphatic rings. The quantitative estimate of drug-likeness (QED) is 0.485. The van der Waals surface area contributed by atoms with Crippen molar-refractivity contribution in [1.82, 2.24) is 0 Å². The molecule has 4 atom stereocenters. The fourth-order valence-corrected chi connectivity index (χ4v) is 3.51. The second-order valence-electron chi connectivity index (χ2n) is 5.33. The van der Waals surface area contributed by atoms with Gasteiger partial charge in [-0.05, 0) is 37.0 Å². The number of hydrogen-bond donors (Lipinski definition) is 0. The Hall–Kier alpha value is -0.0400. The molecule has 0 N–H and O–H groups in total. The average Bonchev–Trinajstić information content (AvgIpc) is 2.58. The Kier molecular flexibility index (Phi) is 0.820. The van der Waals surface area contributed by atoms with E-state index in [0.717, 1.165) is 11.8 Å². The maximum absolute atomic E-state index is 5.75. The molecule has 1 aliphatic heterocycles. The molecule has 0 spiro atoms. The molecule has 11 heavy (non-hydrogen) atoms. The first-order valence-electron chi connectivity index (χ1n) is 4.73. The van der Waals surface area contributed by atoms with Gasteiger partial charge in [0.05, 0.1) is 11.7 Å². The number of epoxide rings is 1. The Morgan fingerprint density at radius 3 is 2.36 bits per heavy atom. The van der Waals surface area contributed by atoms with Crippen molar-refractivity contribution in [3.63, 3.8) is 0 Å². The van der Waals surface area contributed by atoms with Gasteiger partial charge in [0.25, 0.3) is 0 Å². The van der Waals surface area contributed by atoms with Gasteiger partial charge in [-0.15, -0.1) is 0 Å². The van der Waals surface area contributed by atoms with E-state index in [0.29, 0.717) is 17.1 Å². The van der Waals surface area contributed by atoms with Crippen molar-refractivity contribution in [2.45, 2.75) is 45.3 Å². The molecule has 0 aromatic heterocycles. The lowest BCUT2D eigenvalue weighted by Crippen LogP contribution is -2.56. The highest BCUT2D eigenvalue weighted by molar-refractivity contribution is 5.20. The van der Waals surface area contributed by atoms with Crippen LogP contribution in [0.3, 0.4) is 0 Å². The van der Waals surface area contributed by atoms with Gasteiger partial charge in [-0.1, -0.05) is 13.8 Å². The van der Waals surface area contributed by atoms with Gasteiger partial charge in [0.2, 0.25) is 0 Å². The Labute approximate surface area is 68.1 Å². The van der Waals surface area contributed by atoms with E-state index >= 15 is 0 Å². The lowest BCUT2D eigenvalue weighted by molar-refractivity contribution is -0.0789. The minimum absolute atomic E-state index is 0.304. The van der Waals surface area contributed by atoms with E-state index < -0.39 is 0 Å². The highest BCUT2D eigenvalue weighted by Gasteiger charge is 2.72. The average molecular weight is 152 g/mol. The van der Waals surface area contributed by atoms with Crippen LogP contribution >= 0.6 is 0 Å². The molecule has 3 aliphatic carbocycles. The molecule has 1 heteroatoms. The Balaban J connectivity index is 1.98. The van der Waals surface area contributed by atoms with Crippen LogP contribution in [0.5, 0.6) is 0 Å². The lowest BCUT2D eigenvalue weighted by atomic mass is 9.46. The number of ether oxygens (including phenoxy) is 1. The summed E-state index contributed by atoms with van der Waals surface area (Å²) in [5.41, 5.74) is 0.889. The molecule has 62 valence electrons. The van der Waals surface area contributed by atoms with Crippen LogP contribution in [0.15, 0.2) is 0 Å². The first kappa shape index (κ1) is 6.47. The van der Waals surface area contributed by atoms with Crippen LogP contribution in [0.25, 0.3) is 0 Å². The maximum atomic E-state index is 5.75. The van der Waals surface area contributed by atoms with Gasteiger partial charge >= 0.3 is 0 Å². The third kappa shape index (κ3) is 0.516. The van der Waals surface area contributed by atoms with Crippen LogP contribution in [0, 0.1) is 17.3 Å². The second-order valence-corrected chi connectivity index (χ2v) is 5.33. The largest absolute Gasteiger partial charge is 0.366 e. The molecule has 0 amide bonds. The molecule has 4 fully saturated rings. The lowest BCUT2D eigenvalue weighted by Gasteiger charge is -2.57. The highest BCUT2D eigenvalue weighted by atomic mass is 16.6. The highest BCUT2D eigenvalue weighted by Crippen LogP contribution is 2.70. The third-order valence-electron chi connectivity index (χ3n) is 4.64. The van der Waals surface area contributed by atoms with Gasteiger partial charge < -0.3 is 4.74 Å². The zero-order chi connectivity index (χ0) is 7.85. The summed E-state index contributed by atoms with van der Waals surface area (Å²) in [6.07, 6.45) is 3.40. The van der Waals surface area contributed by atoms with E-state index in [-0.39, 0.29) is 0 Å². The van der Waals surface area contributed by atoms with Crippen molar-refractivity contribution in [2.24, 2.45) is 17.3 Å². The van der Waals surface area contributed by atoms with Gasteiger partial charge in [0.15, 0.2) is 0 Å². The summed E-state index contributed by atoms with van der Waals surface area (Å²) in [7, 11) is 0. The van der Waals surface area contributed by atoms with Crippen LogP contribution < -0.4 is 0 Å². The van der Waals surface area contributed by atoms with E-state index in [9.17, 15) is 0 Å². The maximum Gasteiger partial charge on any atom is 0.0953 e. The zero-order valence-corrected chi connectivity index (χ0v) is 7.55. The van der Waals surface area contributed by atoms with Crippen molar-refractivity contribution in [2.75, 3.05) is 0 Å². The van der Waals surface area contributed by atoms with Crippen LogP contribution in [0.4, 0.5) is 0 Å². The van der Waals surface area contributed by atoms with Crippen LogP contribution in [0.2, 0.25) is 0 Å². The van der Waals surface area contributed by atoms with Gasteiger partial charge in [0.1, 0.15) is 0 Å². The summed E-state index contributed by atoms with van der Waals surface area (Å²) in [4.78, 5) is 0. The third-order valence-corrected chi connectivity index (χ3v) is 4.64. The molecule has 1 saturated heterocycles. The molecule has 4 rings (SSSR count). The SMILES string of the molecule is CC1(C)[C@@H]2C[C@H]1[C@@]1(C)O[C@@H]1C2. The smallest absolute Gasteiger partial charge is 0.0953 e. The molecular formula is C10H16O. The Morgan fingerprint density at radius 1 is 1.18 bits per heavy atom. The second kappa shape index (κ2) is 1.39. The molecule has 0 aromatic carbocycles. The van der Waals surface area contributed by atoms with E-state index in [1.54, 1.807) is 0 Å². The van der Waals surface area contributed by atoms with Crippen molar-refractivity contribution in [3.05, 3.63) is 0 Å². The first-order chi connectivity index (χ1) is 5.05. The fourth-order valence-electron chi connectivity index (χ4n) is 3.51. The van der Waals surface area contributed by atoms with Gasteiger partial charge in [-0.3, -0.25) is 0 Å². The van der Waals surface area contributed by atoms with E-state index in [1.165, 1.54) is 12.8 Å². The molecule has 0 unspecified atom stereocenters. The number of hydrogen-bond acceptors (Lipinski definition) is 1. The Morgan fingerprint density at radius 2 is 1.91 bits per heavy atom. The summed E-state index contributed by atoms with van der Waals surface area (Å²) < 4.78 is 5.75. The Bertz CT molecular complexity index is 216. The van der Waals surface area contributed by atoms with Crippen molar-refractivity contribution < 1.29 is 4.74 Å². The van der Waals surface area contributed by atoms with Crippen LogP contribution in [-0.4, -0.2) is 11.7 Å². The summed E-state index contributed by atoms with van der Waals surface area (Å²) in [5, 5.41) is 0. The van der Waals surface area contributed by atoms with Gasteiger partial charge in [0, 0.05) is 0 Å². The summed E-state index contributed by atoms with van der Waals surface area (Å²) in [6.45, 7) is 7.13. The topological polar surface area (TPSA) is 12.5 Å². The van der Waals surface area contributed by atoms with Crippen molar-refractivity contribution in [1.29, 1.82) is 0 Å². The molecular weight excluding hydrogens is 136 g/mol. The first-order valence-corrected chi connectivity index (χ1v) is 4.73. The van der Waals surface area contributed by atoms with Crippen LogP contribution in [-0.2, 0) is 4.74 Å². The molecule has 3 saturated carbocycles. The van der Waals surface area contributed by atoms with Crippen LogP contribution in [0.1, 0.15) is 33.6 Å². The molecule has 1 heterocycles. The minimum Gasteiger partial charge on any atom is -0.366 e. The van der Waals surface area contributed by atoms with E-state index in [2.05, 4.69) is 20.8 Å². The summed E-state index contributed by atoms with van der Waals surface area (Å²) in [6, 6.07) is 0. The molecule has 0 aromatic rings. The van der Waals surface area contributed by atoms with Gasteiger partial charge in [-0.2, -0.15) is 0 Å². The van der Waals surface area contributed by atoms with Gasteiger partial charge in [-0.25, -0.2) is 0 Å². The van der Waals surface area contributed by atoms with E-state index in [1.807, 2.05) is 0 Å². The van der Waals surface area contributed by atoms with E-state index in [4.69, 9.17) is 4.74 Å². The predicted octanol–water partition coefficient (Wildman–Crippen LogP) is 2.21. The summed E-state index contributed by atoms with van der Waals surface area (Å²) >= 11 is 0. The van der Waals surface area contributed by atoms with Crippen molar-refractivity contribution >= 4 is 0 Å². The molecule has 1 nitrogen and oxygen atoms in total. The van der Waals surface area contributed by atoms with Crippen molar-refractivity contribution in [3.8, 4) is 0 Å². The summed E-state index contributed by atoms with van der Waals surface area (Å²) in [5.74, 6) is 1.83. The standard InChI is InChI=1S/C10H16O/c1-9(2)6-4-7(9)10(3)8(5-6)11-10/h6-8H,4-5H2,1-3H3/t6-,7-,8-,10-/m1/s1. The monoisotopic (exact) mass is 152 g/mol. The minimum atomic E-state index is 0.304. The normalized spacial score (nSPS) is 63.0.